The number of phenols is 1. The van der Waals surface area contributed by atoms with Gasteiger partial charge in [-0.25, -0.2) is 0 Å². The van der Waals surface area contributed by atoms with E-state index in [1.165, 1.54) is 6.07 Å². The summed E-state index contributed by atoms with van der Waals surface area (Å²) < 4.78 is 45.1. The second kappa shape index (κ2) is 17.4. The van der Waals surface area contributed by atoms with E-state index >= 15 is 0 Å². The SMILES string of the molecule is [CH]CCOc1cc(S(=O)(=O)O)c2cc(N=Nc3cc(C)c(N=Nc4cc(C)c(N=Nc5ccc6cc(Nc7ccc(OC)cc7)ccc6c5O)cc4C)cc3C)ccc2c1. The normalized spacial score (nSPS) is 12.1. The summed E-state index contributed by atoms with van der Waals surface area (Å²) in [5.41, 5.74) is 8.35. The first-order chi connectivity index (χ1) is 28.8. The number of phenolic OH excluding ortho intramolecular Hbond substituents is 1. The molecule has 60 heavy (non-hydrogen) atoms. The fourth-order valence-corrected chi connectivity index (χ4v) is 7.17. The maximum absolute atomic E-state index is 12.2. The topological polar surface area (TPSA) is 179 Å². The second-order valence-electron chi connectivity index (χ2n) is 14.1. The van der Waals surface area contributed by atoms with Crippen LogP contribution in [0.15, 0.2) is 145 Å². The van der Waals surface area contributed by atoms with Crippen LogP contribution in [0.2, 0.25) is 0 Å². The smallest absolute Gasteiger partial charge is 0.295 e. The molecule has 0 aliphatic carbocycles. The highest BCUT2D eigenvalue weighted by molar-refractivity contribution is 7.86. The van der Waals surface area contributed by atoms with E-state index in [0.717, 1.165) is 44.8 Å². The Morgan fingerprint density at radius 1 is 0.583 bits per heavy atom. The molecule has 3 N–H and O–H groups in total. The monoisotopic (exact) mass is 819 g/mol. The molecule has 0 aromatic heterocycles. The molecule has 0 saturated carbocycles. The summed E-state index contributed by atoms with van der Waals surface area (Å²) in [4.78, 5) is -0.300. The van der Waals surface area contributed by atoms with Crippen LogP contribution < -0.4 is 14.8 Å². The molecule has 302 valence electrons. The quantitative estimate of drug-likeness (QED) is 0.0764. The summed E-state index contributed by atoms with van der Waals surface area (Å²) in [5.74, 6) is 1.09. The van der Waals surface area contributed by atoms with Gasteiger partial charge in [0, 0.05) is 28.2 Å². The number of hydrogen-bond acceptors (Lipinski definition) is 12. The Morgan fingerprint density at radius 3 is 1.68 bits per heavy atom. The number of methoxy groups -OCH3 is 1. The third-order valence-electron chi connectivity index (χ3n) is 9.72. The highest BCUT2D eigenvalue weighted by Crippen LogP contribution is 2.39. The van der Waals surface area contributed by atoms with Crippen molar-refractivity contribution in [1.82, 2.24) is 0 Å². The average Bonchev–Trinajstić information content (AvgIpc) is 3.23. The minimum atomic E-state index is -4.56. The number of hydrogen-bond donors (Lipinski definition) is 3. The molecule has 7 rings (SSSR count). The van der Waals surface area contributed by atoms with Gasteiger partial charge in [0.1, 0.15) is 22.1 Å². The van der Waals surface area contributed by atoms with Crippen LogP contribution in [0.1, 0.15) is 28.7 Å². The molecule has 0 atom stereocenters. The molecular weight excluding hydrogens is 779 g/mol. The number of aryl methyl sites for hydroxylation is 4. The summed E-state index contributed by atoms with van der Waals surface area (Å²) in [6.07, 6.45) is 0.250. The molecular formula is C46H41N7O6S. The Kier molecular flexibility index (Phi) is 12.0. The van der Waals surface area contributed by atoms with E-state index in [-0.39, 0.29) is 34.8 Å². The number of benzene rings is 7. The van der Waals surface area contributed by atoms with Crippen LogP contribution in [0.4, 0.5) is 45.5 Å². The largest absolute Gasteiger partial charge is 0.505 e. The van der Waals surface area contributed by atoms with Gasteiger partial charge in [0.2, 0.25) is 0 Å². The van der Waals surface area contributed by atoms with E-state index in [4.69, 9.17) is 16.4 Å². The van der Waals surface area contributed by atoms with E-state index in [0.29, 0.717) is 44.9 Å². The van der Waals surface area contributed by atoms with Crippen LogP contribution in [-0.2, 0) is 10.1 Å². The van der Waals surface area contributed by atoms with Gasteiger partial charge in [-0.15, -0.1) is 5.11 Å². The number of azo groups is 3. The van der Waals surface area contributed by atoms with E-state index in [1.54, 1.807) is 37.4 Å². The molecule has 13 nitrogen and oxygen atoms in total. The minimum Gasteiger partial charge on any atom is -0.505 e. The van der Waals surface area contributed by atoms with Crippen LogP contribution in [0.25, 0.3) is 21.5 Å². The van der Waals surface area contributed by atoms with Crippen LogP contribution in [0.3, 0.4) is 0 Å². The molecule has 7 aromatic rings. The molecule has 0 spiro atoms. The number of ether oxygens (including phenoxy) is 2. The van der Waals surface area contributed by atoms with Gasteiger partial charge in [0.15, 0.2) is 5.75 Å². The lowest BCUT2D eigenvalue weighted by Crippen LogP contribution is -2.02. The van der Waals surface area contributed by atoms with Gasteiger partial charge in [-0.05, 0) is 165 Å². The first kappa shape index (κ1) is 41.1. The first-order valence-electron chi connectivity index (χ1n) is 18.8. The molecule has 0 saturated heterocycles. The first-order valence-corrected chi connectivity index (χ1v) is 20.3. The van der Waals surface area contributed by atoms with Crippen molar-refractivity contribution in [3.05, 3.63) is 138 Å². The fraction of sp³-hybridized carbons (Fsp3) is 0.152. The van der Waals surface area contributed by atoms with Crippen molar-refractivity contribution in [3.8, 4) is 17.2 Å². The average molecular weight is 820 g/mol. The number of nitrogens with one attached hydrogen (secondary N) is 1. The predicted octanol–water partition coefficient (Wildman–Crippen LogP) is 13.7. The van der Waals surface area contributed by atoms with Gasteiger partial charge in [0.25, 0.3) is 10.1 Å². The lowest BCUT2D eigenvalue weighted by atomic mass is 10.1. The van der Waals surface area contributed by atoms with Crippen LogP contribution >= 0.6 is 0 Å². The molecule has 0 unspecified atom stereocenters. The molecule has 0 heterocycles. The zero-order chi connectivity index (χ0) is 42.6. The number of anilines is 2. The van der Waals surface area contributed by atoms with Crippen LogP contribution in [0, 0.1) is 34.6 Å². The van der Waals surface area contributed by atoms with Crippen molar-refractivity contribution in [2.45, 2.75) is 39.0 Å². The summed E-state index contributed by atoms with van der Waals surface area (Å²) in [6, 6.07) is 32.3. The van der Waals surface area contributed by atoms with Gasteiger partial charge in [-0.1, -0.05) is 12.1 Å². The van der Waals surface area contributed by atoms with Gasteiger partial charge >= 0.3 is 0 Å². The van der Waals surface area contributed by atoms with Gasteiger partial charge in [-0.2, -0.15) is 34.0 Å². The summed E-state index contributed by atoms with van der Waals surface area (Å²) in [6.45, 7) is 13.3. The summed E-state index contributed by atoms with van der Waals surface area (Å²) >= 11 is 0. The number of nitrogens with zero attached hydrogens (tertiary/aromatic N) is 6. The molecule has 0 fully saturated rings. The second-order valence-corrected chi connectivity index (χ2v) is 15.5. The van der Waals surface area contributed by atoms with Crippen molar-refractivity contribution in [3.63, 3.8) is 0 Å². The predicted molar refractivity (Wildman–Crippen MR) is 234 cm³/mol. The lowest BCUT2D eigenvalue weighted by Gasteiger charge is -2.10. The number of aromatic hydroxyl groups is 1. The van der Waals surface area contributed by atoms with Crippen molar-refractivity contribution in [2.24, 2.45) is 30.7 Å². The molecule has 0 bridgehead atoms. The molecule has 7 aromatic carbocycles. The van der Waals surface area contributed by atoms with Gasteiger partial charge in [-0.3, -0.25) is 4.55 Å². The molecule has 0 aliphatic rings. The summed E-state index contributed by atoms with van der Waals surface area (Å²) in [7, 11) is -2.93. The van der Waals surface area contributed by atoms with E-state index in [1.807, 2.05) is 100 Å². The van der Waals surface area contributed by atoms with Gasteiger partial charge in [0.05, 0.1) is 42.2 Å². The fourth-order valence-electron chi connectivity index (χ4n) is 6.45. The Bertz CT molecular complexity index is 2970. The third kappa shape index (κ3) is 9.30. The van der Waals surface area contributed by atoms with E-state index in [9.17, 15) is 18.1 Å². The number of rotatable bonds is 13. The Labute approximate surface area is 347 Å². The highest BCUT2D eigenvalue weighted by Gasteiger charge is 2.17. The zero-order valence-electron chi connectivity index (χ0n) is 33.5. The summed E-state index contributed by atoms with van der Waals surface area (Å²) in [5, 5.41) is 43.5. The lowest BCUT2D eigenvalue weighted by molar-refractivity contribution is 0.324. The minimum absolute atomic E-state index is 0.0389. The Morgan fingerprint density at radius 2 is 1.12 bits per heavy atom. The highest BCUT2D eigenvalue weighted by atomic mass is 32.2. The molecule has 2 radical (unpaired) electrons. The van der Waals surface area contributed by atoms with Gasteiger partial charge < -0.3 is 19.9 Å². The van der Waals surface area contributed by atoms with Crippen molar-refractivity contribution >= 4 is 77.2 Å². The van der Waals surface area contributed by atoms with Crippen molar-refractivity contribution in [2.75, 3.05) is 19.0 Å². The molecule has 0 amide bonds. The number of fused-ring (bicyclic) bond motifs is 2. The molecule has 0 aliphatic heterocycles. The van der Waals surface area contributed by atoms with E-state index < -0.39 is 10.1 Å². The van der Waals surface area contributed by atoms with Crippen molar-refractivity contribution in [1.29, 1.82) is 0 Å². The van der Waals surface area contributed by atoms with Crippen molar-refractivity contribution < 1.29 is 27.6 Å². The molecule has 14 heteroatoms. The van der Waals surface area contributed by atoms with Crippen LogP contribution in [-0.4, -0.2) is 31.8 Å². The van der Waals surface area contributed by atoms with E-state index in [2.05, 4.69) is 36.0 Å². The third-order valence-corrected chi connectivity index (χ3v) is 10.6. The van der Waals surface area contributed by atoms with Crippen LogP contribution in [0.5, 0.6) is 17.2 Å². The maximum atomic E-state index is 12.2. The maximum Gasteiger partial charge on any atom is 0.295 e. The Hall–Kier alpha value is -7.03. The standard InChI is InChI=1S/C46H41N7O6S/c1-7-18-59-37-24-32-8-10-35(25-39(32)45(26-37)60(55,56)57)48-50-41-19-28(3)43(20-27(41)2)52-53-44-22-29(4)42(21-30(44)5)51-49-40-17-9-31-23-34(13-16-38(31)46(40)54)47-33-11-14-36(58-6)15-12-33/h1,8-17,19-26,47,54H,7,18H2,2-6H3,(H,55,56,57). The zero-order valence-corrected chi connectivity index (χ0v) is 34.3. The Balaban J connectivity index is 1.05.